The number of carbonyl (C=O) groups excluding carboxylic acids is 1. The van der Waals surface area contributed by atoms with E-state index in [1.807, 2.05) is 18.0 Å². The lowest BCUT2D eigenvalue weighted by atomic mass is 10.1. The molecule has 0 bridgehead atoms. The summed E-state index contributed by atoms with van der Waals surface area (Å²) < 4.78 is 5.35. The fourth-order valence-corrected chi connectivity index (χ4v) is 2.41. The summed E-state index contributed by atoms with van der Waals surface area (Å²) in [4.78, 5) is 18.6. The monoisotopic (exact) mass is 277 g/mol. The summed E-state index contributed by atoms with van der Waals surface area (Å²) in [6.45, 7) is 4.42. The van der Waals surface area contributed by atoms with Gasteiger partial charge in [0.1, 0.15) is 0 Å². The van der Waals surface area contributed by atoms with Gasteiger partial charge in [-0.15, -0.1) is 0 Å². The van der Waals surface area contributed by atoms with Crippen molar-refractivity contribution in [1.82, 2.24) is 9.88 Å². The number of rotatable bonds is 5. The fraction of sp³-hybridized carbons (Fsp3) is 0.600. The van der Waals surface area contributed by atoms with Crippen LogP contribution in [0.1, 0.15) is 36.5 Å². The number of hydrogen-bond donors (Lipinski definition) is 1. The first kappa shape index (κ1) is 14.8. The third-order valence-electron chi connectivity index (χ3n) is 3.68. The summed E-state index contributed by atoms with van der Waals surface area (Å²) >= 11 is 0. The molecule has 5 heteroatoms. The van der Waals surface area contributed by atoms with Gasteiger partial charge in [-0.05, 0) is 25.3 Å². The molecule has 1 aromatic heterocycles. The second-order valence-corrected chi connectivity index (χ2v) is 5.11. The SMILES string of the molecule is CCCNc1ccncc1C(=O)N(C)C1CCOCC1. The standard InChI is InChI=1S/C15H23N3O2/c1-3-7-17-14-4-8-16-11-13(14)15(19)18(2)12-5-9-20-10-6-12/h4,8,11-12H,3,5-7,9-10H2,1-2H3,(H,16,17). The third kappa shape index (κ3) is 3.48. The summed E-state index contributed by atoms with van der Waals surface area (Å²) in [5, 5.41) is 3.29. The first-order valence-corrected chi connectivity index (χ1v) is 7.26. The van der Waals surface area contributed by atoms with Crippen molar-refractivity contribution in [2.45, 2.75) is 32.2 Å². The fourth-order valence-electron chi connectivity index (χ4n) is 2.41. The largest absolute Gasteiger partial charge is 0.384 e. The van der Waals surface area contributed by atoms with E-state index in [0.29, 0.717) is 5.56 Å². The smallest absolute Gasteiger partial charge is 0.257 e. The zero-order valence-electron chi connectivity index (χ0n) is 12.3. The highest BCUT2D eigenvalue weighted by molar-refractivity contribution is 5.99. The highest BCUT2D eigenvalue weighted by Crippen LogP contribution is 2.20. The Morgan fingerprint density at radius 1 is 1.50 bits per heavy atom. The number of ether oxygens (including phenoxy) is 1. The first-order chi connectivity index (χ1) is 9.74. The van der Waals surface area contributed by atoms with Crippen LogP contribution in [0, 0.1) is 0 Å². The van der Waals surface area contributed by atoms with Crippen LogP contribution in [0.2, 0.25) is 0 Å². The Hall–Kier alpha value is -1.62. The van der Waals surface area contributed by atoms with Gasteiger partial charge in [0.05, 0.1) is 11.3 Å². The molecule has 20 heavy (non-hydrogen) atoms. The summed E-state index contributed by atoms with van der Waals surface area (Å²) in [6.07, 6.45) is 6.19. The lowest BCUT2D eigenvalue weighted by Crippen LogP contribution is -2.40. The maximum Gasteiger partial charge on any atom is 0.257 e. The molecule has 1 aliphatic rings. The summed E-state index contributed by atoms with van der Waals surface area (Å²) in [6, 6.07) is 2.12. The van der Waals surface area contributed by atoms with Crippen LogP contribution in [-0.4, -0.2) is 48.6 Å². The Labute approximate surface area is 120 Å². The molecule has 0 aliphatic carbocycles. The summed E-state index contributed by atoms with van der Waals surface area (Å²) in [5.41, 5.74) is 1.51. The van der Waals surface area contributed by atoms with E-state index in [1.54, 1.807) is 12.4 Å². The van der Waals surface area contributed by atoms with Gasteiger partial charge in [-0.25, -0.2) is 0 Å². The van der Waals surface area contributed by atoms with Gasteiger partial charge < -0.3 is 15.0 Å². The molecule has 5 nitrogen and oxygen atoms in total. The lowest BCUT2D eigenvalue weighted by molar-refractivity contribution is 0.0362. The first-order valence-electron chi connectivity index (χ1n) is 7.26. The van der Waals surface area contributed by atoms with Crippen LogP contribution in [0.15, 0.2) is 18.5 Å². The number of anilines is 1. The molecule has 0 radical (unpaired) electrons. The normalized spacial score (nSPS) is 15.9. The Morgan fingerprint density at radius 2 is 2.25 bits per heavy atom. The van der Waals surface area contributed by atoms with Gasteiger partial charge in [-0.2, -0.15) is 0 Å². The quantitative estimate of drug-likeness (QED) is 0.896. The van der Waals surface area contributed by atoms with Crippen LogP contribution >= 0.6 is 0 Å². The molecule has 1 aromatic rings. The van der Waals surface area contributed by atoms with E-state index in [9.17, 15) is 4.79 Å². The zero-order chi connectivity index (χ0) is 14.4. The van der Waals surface area contributed by atoms with Crippen molar-refractivity contribution < 1.29 is 9.53 Å². The highest BCUT2D eigenvalue weighted by atomic mass is 16.5. The van der Waals surface area contributed by atoms with Crippen molar-refractivity contribution in [3.05, 3.63) is 24.0 Å². The molecular weight excluding hydrogens is 254 g/mol. The van der Waals surface area contributed by atoms with E-state index in [4.69, 9.17) is 4.74 Å². The predicted octanol–water partition coefficient (Wildman–Crippen LogP) is 2.15. The Bertz CT molecular complexity index is 444. The average molecular weight is 277 g/mol. The number of carbonyl (C=O) groups is 1. The van der Waals surface area contributed by atoms with Crippen LogP contribution in [0.3, 0.4) is 0 Å². The molecular formula is C15H23N3O2. The molecule has 1 aliphatic heterocycles. The van der Waals surface area contributed by atoms with E-state index in [-0.39, 0.29) is 11.9 Å². The number of pyridine rings is 1. The van der Waals surface area contributed by atoms with Crippen molar-refractivity contribution in [3.63, 3.8) is 0 Å². The van der Waals surface area contributed by atoms with Crippen LogP contribution in [0.4, 0.5) is 5.69 Å². The maximum absolute atomic E-state index is 12.6. The Kier molecular flexibility index (Phi) is 5.35. The van der Waals surface area contributed by atoms with Gasteiger partial charge in [0, 0.05) is 45.2 Å². The summed E-state index contributed by atoms with van der Waals surface area (Å²) in [7, 11) is 1.87. The van der Waals surface area contributed by atoms with Crippen LogP contribution in [0.5, 0.6) is 0 Å². The minimum Gasteiger partial charge on any atom is -0.384 e. The van der Waals surface area contributed by atoms with Crippen molar-refractivity contribution >= 4 is 11.6 Å². The molecule has 2 heterocycles. The lowest BCUT2D eigenvalue weighted by Gasteiger charge is -2.31. The molecule has 1 saturated heterocycles. The van der Waals surface area contributed by atoms with Crippen molar-refractivity contribution in [3.8, 4) is 0 Å². The molecule has 110 valence electrons. The van der Waals surface area contributed by atoms with Crippen LogP contribution < -0.4 is 5.32 Å². The van der Waals surface area contributed by atoms with Gasteiger partial charge in [0.2, 0.25) is 0 Å². The second kappa shape index (κ2) is 7.24. The zero-order valence-corrected chi connectivity index (χ0v) is 12.3. The highest BCUT2D eigenvalue weighted by Gasteiger charge is 2.24. The minimum absolute atomic E-state index is 0.0311. The minimum atomic E-state index is 0.0311. The molecule has 0 spiro atoms. The van der Waals surface area contributed by atoms with Gasteiger partial charge in [0.25, 0.3) is 5.91 Å². The molecule has 0 atom stereocenters. The Balaban J connectivity index is 2.11. The molecule has 0 aromatic carbocycles. The van der Waals surface area contributed by atoms with E-state index < -0.39 is 0 Å². The van der Waals surface area contributed by atoms with Gasteiger partial charge in [0.15, 0.2) is 0 Å². The van der Waals surface area contributed by atoms with Gasteiger partial charge in [-0.3, -0.25) is 9.78 Å². The third-order valence-corrected chi connectivity index (χ3v) is 3.68. The molecule has 1 fully saturated rings. The van der Waals surface area contributed by atoms with Crippen LogP contribution in [-0.2, 0) is 4.74 Å². The van der Waals surface area contributed by atoms with Gasteiger partial charge in [-0.1, -0.05) is 6.92 Å². The molecule has 1 amide bonds. The van der Waals surface area contributed by atoms with Crippen LogP contribution in [0.25, 0.3) is 0 Å². The summed E-state index contributed by atoms with van der Waals surface area (Å²) in [5.74, 6) is 0.0311. The molecule has 0 unspecified atom stereocenters. The molecule has 0 saturated carbocycles. The van der Waals surface area contributed by atoms with Crippen molar-refractivity contribution in [1.29, 1.82) is 0 Å². The van der Waals surface area contributed by atoms with E-state index in [0.717, 1.165) is 44.7 Å². The van der Waals surface area contributed by atoms with Crippen molar-refractivity contribution in [2.24, 2.45) is 0 Å². The topological polar surface area (TPSA) is 54.5 Å². The number of nitrogens with zero attached hydrogens (tertiary/aromatic N) is 2. The van der Waals surface area contributed by atoms with Gasteiger partial charge >= 0.3 is 0 Å². The number of nitrogens with one attached hydrogen (secondary N) is 1. The van der Waals surface area contributed by atoms with E-state index >= 15 is 0 Å². The van der Waals surface area contributed by atoms with Crippen molar-refractivity contribution in [2.75, 3.05) is 32.1 Å². The van der Waals surface area contributed by atoms with E-state index in [2.05, 4.69) is 17.2 Å². The maximum atomic E-state index is 12.6. The average Bonchev–Trinajstić information content (AvgIpc) is 2.52. The number of amides is 1. The molecule has 2 rings (SSSR count). The Morgan fingerprint density at radius 3 is 2.95 bits per heavy atom. The second-order valence-electron chi connectivity index (χ2n) is 5.11. The molecule has 1 N–H and O–H groups in total. The van der Waals surface area contributed by atoms with E-state index in [1.165, 1.54) is 0 Å². The predicted molar refractivity (Wildman–Crippen MR) is 79.0 cm³/mol. The number of aromatic nitrogens is 1. The number of hydrogen-bond acceptors (Lipinski definition) is 4.